The zero-order chi connectivity index (χ0) is 18.0. The number of aryl methyl sites for hydroxylation is 1. The Morgan fingerprint density at radius 1 is 1.24 bits per heavy atom. The molecule has 130 valence electrons. The second-order valence-corrected chi connectivity index (χ2v) is 5.12. The lowest BCUT2D eigenvalue weighted by atomic mass is 10.2. The molecule has 0 unspecified atom stereocenters. The number of halogens is 3. The van der Waals surface area contributed by atoms with Gasteiger partial charge in [0.1, 0.15) is 5.76 Å². The summed E-state index contributed by atoms with van der Waals surface area (Å²) in [5.74, 6) is 0.771. The standard InChI is InChI=1S/C15H12F3N5O2/c1-9-5-13(22-25-9)21-14(24)20-11-7-19-23(8-11)12-4-2-3-10(6-12)15(16,17)18/h2-8H,1H3,(H2,20,21,22,24). The van der Waals surface area contributed by atoms with Crippen molar-refractivity contribution in [3.8, 4) is 5.69 Å². The molecule has 0 radical (unpaired) electrons. The number of rotatable bonds is 3. The first-order chi connectivity index (χ1) is 11.8. The predicted molar refractivity (Wildman–Crippen MR) is 82.4 cm³/mol. The number of carbonyl (C=O) groups is 1. The van der Waals surface area contributed by atoms with E-state index >= 15 is 0 Å². The van der Waals surface area contributed by atoms with Gasteiger partial charge in [0.2, 0.25) is 0 Å². The minimum absolute atomic E-state index is 0.218. The molecule has 2 aromatic heterocycles. The molecule has 2 amide bonds. The number of amides is 2. The van der Waals surface area contributed by atoms with Crippen LogP contribution in [0, 0.1) is 6.92 Å². The van der Waals surface area contributed by atoms with Gasteiger partial charge in [0.05, 0.1) is 29.3 Å². The molecule has 0 saturated heterocycles. The summed E-state index contributed by atoms with van der Waals surface area (Å²) >= 11 is 0. The topological polar surface area (TPSA) is 85.0 Å². The molecule has 0 aliphatic heterocycles. The van der Waals surface area contributed by atoms with Crippen molar-refractivity contribution in [2.24, 2.45) is 0 Å². The third kappa shape index (κ3) is 3.97. The van der Waals surface area contributed by atoms with E-state index in [2.05, 4.69) is 20.9 Å². The first-order valence-electron chi connectivity index (χ1n) is 7.05. The SMILES string of the molecule is Cc1cc(NC(=O)Nc2cnn(-c3cccc(C(F)(F)F)c3)c2)no1. The van der Waals surface area contributed by atoms with Crippen LogP contribution in [0.2, 0.25) is 0 Å². The van der Waals surface area contributed by atoms with E-state index in [0.717, 1.165) is 12.1 Å². The maximum absolute atomic E-state index is 12.8. The van der Waals surface area contributed by atoms with Gasteiger partial charge in [-0.15, -0.1) is 0 Å². The molecule has 2 N–H and O–H groups in total. The maximum atomic E-state index is 12.8. The minimum Gasteiger partial charge on any atom is -0.360 e. The quantitative estimate of drug-likeness (QED) is 0.751. The number of carbonyl (C=O) groups excluding carboxylic acids is 1. The summed E-state index contributed by atoms with van der Waals surface area (Å²) in [6.45, 7) is 1.68. The first kappa shape index (κ1) is 16.6. The summed E-state index contributed by atoms with van der Waals surface area (Å²) in [7, 11) is 0. The van der Waals surface area contributed by atoms with Gasteiger partial charge in [-0.2, -0.15) is 18.3 Å². The van der Waals surface area contributed by atoms with Gasteiger partial charge in [-0.05, 0) is 25.1 Å². The average Bonchev–Trinajstić information content (AvgIpc) is 3.16. The zero-order valence-corrected chi connectivity index (χ0v) is 12.8. The van der Waals surface area contributed by atoms with Crippen molar-refractivity contribution in [1.82, 2.24) is 14.9 Å². The summed E-state index contributed by atoms with van der Waals surface area (Å²) in [4.78, 5) is 11.8. The lowest BCUT2D eigenvalue weighted by Gasteiger charge is -2.08. The molecule has 3 aromatic rings. The van der Waals surface area contributed by atoms with Crippen LogP contribution in [0.4, 0.5) is 29.5 Å². The molecule has 7 nitrogen and oxygen atoms in total. The molecule has 3 rings (SSSR count). The molecule has 2 heterocycles. The Balaban J connectivity index is 1.71. The number of hydrogen-bond donors (Lipinski definition) is 2. The van der Waals surface area contributed by atoms with Crippen molar-refractivity contribution < 1.29 is 22.5 Å². The fourth-order valence-electron chi connectivity index (χ4n) is 2.06. The third-order valence-corrected chi connectivity index (χ3v) is 3.15. The van der Waals surface area contributed by atoms with Gasteiger partial charge in [0.25, 0.3) is 0 Å². The van der Waals surface area contributed by atoms with Gasteiger partial charge in [0, 0.05) is 6.07 Å². The Hall–Kier alpha value is -3.30. The largest absolute Gasteiger partial charge is 0.416 e. The molecule has 0 fully saturated rings. The third-order valence-electron chi connectivity index (χ3n) is 3.15. The molecule has 0 bridgehead atoms. The van der Waals surface area contributed by atoms with E-state index in [1.165, 1.54) is 35.3 Å². The lowest BCUT2D eigenvalue weighted by molar-refractivity contribution is -0.137. The highest BCUT2D eigenvalue weighted by Crippen LogP contribution is 2.30. The molecule has 0 atom stereocenters. The van der Waals surface area contributed by atoms with E-state index < -0.39 is 17.8 Å². The second kappa shape index (κ2) is 6.30. The van der Waals surface area contributed by atoms with Crippen LogP contribution in [0.1, 0.15) is 11.3 Å². The van der Waals surface area contributed by atoms with Gasteiger partial charge in [-0.3, -0.25) is 5.32 Å². The van der Waals surface area contributed by atoms with E-state index in [4.69, 9.17) is 4.52 Å². The first-order valence-corrected chi connectivity index (χ1v) is 7.05. The highest BCUT2D eigenvalue weighted by atomic mass is 19.4. The van der Waals surface area contributed by atoms with Crippen LogP contribution < -0.4 is 10.6 Å². The Morgan fingerprint density at radius 3 is 2.72 bits per heavy atom. The van der Waals surface area contributed by atoms with Crippen molar-refractivity contribution in [2.45, 2.75) is 13.1 Å². The van der Waals surface area contributed by atoms with Crippen molar-refractivity contribution in [3.05, 3.63) is 54.0 Å². The summed E-state index contributed by atoms with van der Waals surface area (Å²) in [5.41, 5.74) is -0.264. The predicted octanol–water partition coefficient (Wildman–Crippen LogP) is 3.83. The van der Waals surface area contributed by atoms with Gasteiger partial charge in [0.15, 0.2) is 5.82 Å². The molecule has 0 aliphatic rings. The van der Waals surface area contributed by atoms with Crippen LogP contribution in [0.25, 0.3) is 5.69 Å². The Labute approximate surface area is 139 Å². The number of urea groups is 1. The molecule has 10 heteroatoms. The van der Waals surface area contributed by atoms with Crippen molar-refractivity contribution in [3.63, 3.8) is 0 Å². The maximum Gasteiger partial charge on any atom is 0.416 e. The summed E-state index contributed by atoms with van der Waals surface area (Å²) in [5, 5.41) is 12.5. The van der Waals surface area contributed by atoms with Gasteiger partial charge >= 0.3 is 12.2 Å². The molecule has 0 aliphatic carbocycles. The zero-order valence-electron chi connectivity index (χ0n) is 12.8. The fraction of sp³-hybridized carbons (Fsp3) is 0.133. The molecule has 0 saturated carbocycles. The molecule has 1 aromatic carbocycles. The summed E-state index contributed by atoms with van der Waals surface area (Å²) in [6.07, 6.45) is -1.74. The van der Waals surface area contributed by atoms with E-state index in [9.17, 15) is 18.0 Å². The van der Waals surface area contributed by atoms with Gasteiger partial charge in [-0.1, -0.05) is 11.2 Å². The second-order valence-electron chi connectivity index (χ2n) is 5.12. The highest BCUT2D eigenvalue weighted by Gasteiger charge is 2.30. The Morgan fingerprint density at radius 2 is 2.04 bits per heavy atom. The average molecular weight is 351 g/mol. The number of nitrogens with zero attached hydrogens (tertiary/aromatic N) is 3. The van der Waals surface area contributed by atoms with Crippen molar-refractivity contribution >= 4 is 17.5 Å². The van der Waals surface area contributed by atoms with Crippen LogP contribution in [-0.4, -0.2) is 21.0 Å². The van der Waals surface area contributed by atoms with Crippen molar-refractivity contribution in [2.75, 3.05) is 10.6 Å². The monoisotopic (exact) mass is 351 g/mol. The number of anilines is 2. The van der Waals surface area contributed by atoms with Crippen molar-refractivity contribution in [1.29, 1.82) is 0 Å². The van der Waals surface area contributed by atoms with Crippen LogP contribution in [0.3, 0.4) is 0 Å². The number of nitrogens with one attached hydrogen (secondary N) is 2. The normalized spacial score (nSPS) is 11.4. The highest BCUT2D eigenvalue weighted by molar-refractivity contribution is 5.98. The van der Waals surface area contributed by atoms with Crippen LogP contribution in [-0.2, 0) is 6.18 Å². The number of alkyl halides is 3. The molecule has 0 spiro atoms. The number of aromatic nitrogens is 3. The number of hydrogen-bond acceptors (Lipinski definition) is 4. The molecular formula is C15H12F3N5O2. The van der Waals surface area contributed by atoms with Crippen LogP contribution >= 0.6 is 0 Å². The summed E-state index contributed by atoms with van der Waals surface area (Å²) < 4.78 is 44.3. The number of benzene rings is 1. The Bertz CT molecular complexity index is 900. The molecular weight excluding hydrogens is 339 g/mol. The van der Waals surface area contributed by atoms with Gasteiger partial charge < -0.3 is 9.84 Å². The fourth-order valence-corrected chi connectivity index (χ4v) is 2.06. The van der Waals surface area contributed by atoms with E-state index in [1.54, 1.807) is 6.92 Å². The van der Waals surface area contributed by atoms with E-state index in [1.807, 2.05) is 0 Å². The molecule has 25 heavy (non-hydrogen) atoms. The Kier molecular flexibility index (Phi) is 4.17. The van der Waals surface area contributed by atoms with Gasteiger partial charge in [-0.25, -0.2) is 9.48 Å². The van der Waals surface area contributed by atoms with E-state index in [-0.39, 0.29) is 11.5 Å². The van der Waals surface area contributed by atoms with Crippen LogP contribution in [0.15, 0.2) is 47.2 Å². The lowest BCUT2D eigenvalue weighted by Crippen LogP contribution is -2.19. The summed E-state index contributed by atoms with van der Waals surface area (Å²) in [6, 6.07) is 5.65. The van der Waals surface area contributed by atoms with Crippen LogP contribution in [0.5, 0.6) is 0 Å². The smallest absolute Gasteiger partial charge is 0.360 e. The van der Waals surface area contributed by atoms with E-state index in [0.29, 0.717) is 11.4 Å². The minimum atomic E-state index is -4.44.